The van der Waals surface area contributed by atoms with Crippen molar-refractivity contribution >= 4 is 0 Å². The van der Waals surface area contributed by atoms with E-state index in [0.717, 1.165) is 0 Å². The Kier molecular flexibility index (Phi) is 2.92. The molecule has 0 aliphatic rings. The Hall–Kier alpha value is -1.49. The van der Waals surface area contributed by atoms with Crippen LogP contribution in [-0.4, -0.2) is 15.2 Å². The van der Waals surface area contributed by atoms with Gasteiger partial charge in [-0.2, -0.15) is 4.91 Å². The number of aliphatic hydroxyl groups excluding tert-OH is 1. The topological polar surface area (TPSA) is 82.8 Å². The van der Waals surface area contributed by atoms with Gasteiger partial charge < -0.3 is 10.2 Å². The van der Waals surface area contributed by atoms with Gasteiger partial charge in [0, 0.05) is 17.3 Å². The van der Waals surface area contributed by atoms with E-state index in [0.29, 0.717) is 16.8 Å². The summed E-state index contributed by atoms with van der Waals surface area (Å²) >= 11 is 0. The van der Waals surface area contributed by atoms with Crippen LogP contribution >= 0.6 is 0 Å². The molecule has 1 rings (SSSR count). The molecule has 0 fully saturated rings. The quantitative estimate of drug-likeness (QED) is 0.679. The zero-order valence-electron chi connectivity index (χ0n) is 7.19. The molecule has 0 saturated carbocycles. The number of aryl methyl sites for hydroxylation is 1. The molecule has 2 N–H and O–H groups in total. The van der Waals surface area contributed by atoms with Crippen LogP contribution in [0.15, 0.2) is 11.4 Å². The lowest BCUT2D eigenvalue weighted by molar-refractivity contribution is 0.279. The van der Waals surface area contributed by atoms with Gasteiger partial charge in [0.15, 0.2) is 0 Å². The first-order valence-corrected chi connectivity index (χ1v) is 3.77. The summed E-state index contributed by atoms with van der Waals surface area (Å²) in [7, 11) is 0. The molecule has 1 aromatic heterocycles. The van der Waals surface area contributed by atoms with Crippen molar-refractivity contribution in [2.24, 2.45) is 5.18 Å². The van der Waals surface area contributed by atoms with E-state index in [1.807, 2.05) is 0 Å². The minimum Gasteiger partial charge on any atom is -0.506 e. The van der Waals surface area contributed by atoms with Crippen molar-refractivity contribution in [3.05, 3.63) is 27.9 Å². The van der Waals surface area contributed by atoms with Crippen molar-refractivity contribution < 1.29 is 10.2 Å². The third-order valence-corrected chi connectivity index (χ3v) is 1.82. The first-order chi connectivity index (χ1) is 6.20. The molecule has 0 unspecified atom stereocenters. The number of nitrogens with zero attached hydrogens (tertiary/aromatic N) is 2. The molecule has 5 heteroatoms. The van der Waals surface area contributed by atoms with E-state index < -0.39 is 0 Å². The maximum Gasteiger partial charge on any atom is 0.142 e. The molecule has 0 aliphatic carbocycles. The smallest absolute Gasteiger partial charge is 0.142 e. The van der Waals surface area contributed by atoms with Crippen LogP contribution in [-0.2, 0) is 13.2 Å². The summed E-state index contributed by atoms with van der Waals surface area (Å²) < 4.78 is 0. The standard InChI is InChI=1S/C8H10N2O3/c1-5-8(12)7(3-10-13)6(4-11)2-9-5/h2,11-12H,3-4H2,1H3. The van der Waals surface area contributed by atoms with Gasteiger partial charge in [-0.05, 0) is 6.92 Å². The normalized spacial score (nSPS) is 10.0. The molecule has 0 saturated heterocycles. The van der Waals surface area contributed by atoms with Crippen molar-refractivity contribution in [3.63, 3.8) is 0 Å². The molecule has 0 radical (unpaired) electrons. The predicted octanol–water partition coefficient (Wildman–Crippen LogP) is 0.854. The third kappa shape index (κ3) is 1.81. The largest absolute Gasteiger partial charge is 0.506 e. The second-order valence-corrected chi connectivity index (χ2v) is 2.64. The van der Waals surface area contributed by atoms with E-state index in [1.54, 1.807) is 6.92 Å². The van der Waals surface area contributed by atoms with Gasteiger partial charge in [0.1, 0.15) is 12.3 Å². The van der Waals surface area contributed by atoms with E-state index in [1.165, 1.54) is 6.20 Å². The summed E-state index contributed by atoms with van der Waals surface area (Å²) in [5.74, 6) is -0.0637. The van der Waals surface area contributed by atoms with Gasteiger partial charge in [0.05, 0.1) is 12.3 Å². The van der Waals surface area contributed by atoms with Gasteiger partial charge in [0.25, 0.3) is 0 Å². The molecule has 0 spiro atoms. The number of aromatic nitrogens is 1. The summed E-state index contributed by atoms with van der Waals surface area (Å²) in [5.41, 5.74) is 1.21. The van der Waals surface area contributed by atoms with Crippen molar-refractivity contribution in [2.75, 3.05) is 0 Å². The highest BCUT2D eigenvalue weighted by molar-refractivity contribution is 5.40. The Morgan fingerprint density at radius 3 is 2.85 bits per heavy atom. The Morgan fingerprint density at radius 1 is 1.62 bits per heavy atom. The highest BCUT2D eigenvalue weighted by Crippen LogP contribution is 2.24. The van der Waals surface area contributed by atoms with Crippen molar-refractivity contribution in [1.82, 2.24) is 4.98 Å². The van der Waals surface area contributed by atoms with Gasteiger partial charge in [-0.1, -0.05) is 5.18 Å². The van der Waals surface area contributed by atoms with Crippen LogP contribution in [0.5, 0.6) is 5.75 Å². The number of hydrogen-bond acceptors (Lipinski definition) is 5. The van der Waals surface area contributed by atoms with Crippen molar-refractivity contribution in [3.8, 4) is 5.75 Å². The second kappa shape index (κ2) is 3.95. The molecule has 5 nitrogen and oxygen atoms in total. The number of aromatic hydroxyl groups is 1. The highest BCUT2D eigenvalue weighted by atomic mass is 16.3. The lowest BCUT2D eigenvalue weighted by atomic mass is 10.1. The van der Waals surface area contributed by atoms with Gasteiger partial charge in [-0.3, -0.25) is 4.98 Å². The zero-order valence-corrected chi connectivity index (χ0v) is 7.19. The molecule has 13 heavy (non-hydrogen) atoms. The number of aliphatic hydroxyl groups is 1. The minimum atomic E-state index is -0.258. The third-order valence-electron chi connectivity index (χ3n) is 1.82. The summed E-state index contributed by atoms with van der Waals surface area (Å²) in [6.07, 6.45) is 1.43. The van der Waals surface area contributed by atoms with Crippen LogP contribution in [0.3, 0.4) is 0 Å². The van der Waals surface area contributed by atoms with Gasteiger partial charge >= 0.3 is 0 Å². The summed E-state index contributed by atoms with van der Waals surface area (Å²) in [5, 5.41) is 21.0. The van der Waals surface area contributed by atoms with E-state index >= 15 is 0 Å². The maximum absolute atomic E-state index is 10.0. The number of rotatable bonds is 3. The fraction of sp³-hybridized carbons (Fsp3) is 0.375. The highest BCUT2D eigenvalue weighted by Gasteiger charge is 2.10. The fourth-order valence-corrected chi connectivity index (χ4v) is 1.06. The molecule has 70 valence electrons. The first-order valence-electron chi connectivity index (χ1n) is 3.77. The van der Waals surface area contributed by atoms with E-state index in [2.05, 4.69) is 10.2 Å². The summed E-state index contributed by atoms with van der Waals surface area (Å²) in [6.45, 7) is 1.21. The van der Waals surface area contributed by atoms with E-state index in [4.69, 9.17) is 5.11 Å². The average Bonchev–Trinajstić information content (AvgIpc) is 2.14. The molecule has 0 amide bonds. The summed E-state index contributed by atoms with van der Waals surface area (Å²) in [6, 6.07) is 0. The molecular weight excluding hydrogens is 172 g/mol. The van der Waals surface area contributed by atoms with Crippen LogP contribution in [0.4, 0.5) is 0 Å². The molecular formula is C8H10N2O3. The monoisotopic (exact) mass is 182 g/mol. The fourth-order valence-electron chi connectivity index (χ4n) is 1.06. The van der Waals surface area contributed by atoms with E-state index in [-0.39, 0.29) is 18.9 Å². The Balaban J connectivity index is 3.23. The molecule has 0 aromatic carbocycles. The van der Waals surface area contributed by atoms with Crippen LogP contribution in [0.25, 0.3) is 0 Å². The minimum absolute atomic E-state index is 0.0637. The molecule has 0 bridgehead atoms. The zero-order chi connectivity index (χ0) is 9.84. The molecule has 1 heterocycles. The molecule has 0 aliphatic heterocycles. The Bertz CT molecular complexity index is 325. The van der Waals surface area contributed by atoms with Crippen LogP contribution in [0.1, 0.15) is 16.8 Å². The van der Waals surface area contributed by atoms with Crippen LogP contribution in [0, 0.1) is 11.8 Å². The number of nitroso groups, excluding NO2 is 1. The van der Waals surface area contributed by atoms with Crippen LogP contribution in [0.2, 0.25) is 0 Å². The number of pyridine rings is 1. The van der Waals surface area contributed by atoms with E-state index in [9.17, 15) is 10.0 Å². The van der Waals surface area contributed by atoms with Gasteiger partial charge in [-0.25, -0.2) is 0 Å². The molecule has 0 atom stereocenters. The van der Waals surface area contributed by atoms with Gasteiger partial charge in [0.2, 0.25) is 0 Å². The predicted molar refractivity (Wildman–Crippen MR) is 46.1 cm³/mol. The lowest BCUT2D eigenvalue weighted by Crippen LogP contribution is -1.97. The van der Waals surface area contributed by atoms with Gasteiger partial charge in [-0.15, -0.1) is 0 Å². The molecule has 1 aromatic rings. The lowest BCUT2D eigenvalue weighted by Gasteiger charge is -2.07. The maximum atomic E-state index is 10.0. The average molecular weight is 182 g/mol. The van der Waals surface area contributed by atoms with Crippen molar-refractivity contribution in [1.29, 1.82) is 0 Å². The Morgan fingerprint density at radius 2 is 2.31 bits per heavy atom. The SMILES string of the molecule is Cc1ncc(CO)c(CN=O)c1O. The first kappa shape index (κ1) is 9.60. The van der Waals surface area contributed by atoms with Crippen LogP contribution < -0.4 is 0 Å². The Labute approximate surface area is 75.0 Å². The van der Waals surface area contributed by atoms with Crippen molar-refractivity contribution in [2.45, 2.75) is 20.1 Å². The number of hydrogen-bond donors (Lipinski definition) is 2. The summed E-state index contributed by atoms with van der Waals surface area (Å²) in [4.78, 5) is 13.9. The second-order valence-electron chi connectivity index (χ2n) is 2.64.